The molecular weight excluding hydrogens is 315 g/mol. The molecule has 0 amide bonds. The molecule has 2 N–H and O–H groups in total. The van der Waals surface area contributed by atoms with Crippen molar-refractivity contribution in [3.63, 3.8) is 0 Å². The van der Waals surface area contributed by atoms with E-state index < -0.39 is 5.82 Å². The molecule has 3 rings (SSSR count). The van der Waals surface area contributed by atoms with Crippen molar-refractivity contribution in [1.29, 1.82) is 0 Å². The maximum atomic E-state index is 13.2. The summed E-state index contributed by atoms with van der Waals surface area (Å²) in [5.74, 6) is -0.115. The van der Waals surface area contributed by atoms with Gasteiger partial charge in [0.1, 0.15) is 22.3 Å². The van der Waals surface area contributed by atoms with Gasteiger partial charge in [0.15, 0.2) is 0 Å². The molecule has 3 aromatic heterocycles. The van der Waals surface area contributed by atoms with Crippen LogP contribution in [0.15, 0.2) is 35.5 Å². The van der Waals surface area contributed by atoms with E-state index in [9.17, 15) is 4.39 Å². The molecule has 0 atom stereocenters. The quantitative estimate of drug-likeness (QED) is 0.563. The topological polar surface area (TPSA) is 62.8 Å². The number of aromatic nitrogens is 3. The SMILES string of the molecule is COc1ncc(F)cc1NSc1c[nH]c2nc(Cl)ccc12. The Kier molecular flexibility index (Phi) is 3.85. The maximum Gasteiger partial charge on any atom is 0.238 e. The molecule has 21 heavy (non-hydrogen) atoms. The number of methoxy groups -OCH3 is 1. The second-order valence-corrected chi connectivity index (χ2v) is 5.33. The van der Waals surface area contributed by atoms with Crippen molar-refractivity contribution in [2.45, 2.75) is 4.90 Å². The summed E-state index contributed by atoms with van der Waals surface area (Å²) < 4.78 is 21.4. The summed E-state index contributed by atoms with van der Waals surface area (Å²) in [7, 11) is 1.48. The monoisotopic (exact) mass is 324 g/mol. The number of hydrogen-bond donors (Lipinski definition) is 2. The molecule has 108 valence electrons. The van der Waals surface area contributed by atoms with Gasteiger partial charge in [0.05, 0.1) is 18.2 Å². The smallest absolute Gasteiger partial charge is 0.238 e. The van der Waals surface area contributed by atoms with Gasteiger partial charge >= 0.3 is 0 Å². The van der Waals surface area contributed by atoms with Crippen LogP contribution in [0.1, 0.15) is 0 Å². The van der Waals surface area contributed by atoms with Gasteiger partial charge < -0.3 is 14.4 Å². The van der Waals surface area contributed by atoms with Crippen LogP contribution in [0.5, 0.6) is 5.88 Å². The molecule has 0 unspecified atom stereocenters. The van der Waals surface area contributed by atoms with Crippen LogP contribution in [0, 0.1) is 5.82 Å². The molecule has 0 fully saturated rings. The third-order valence-corrected chi connectivity index (χ3v) is 3.84. The van der Waals surface area contributed by atoms with Crippen molar-refractivity contribution in [3.8, 4) is 5.88 Å². The molecule has 0 spiro atoms. The van der Waals surface area contributed by atoms with Crippen molar-refractivity contribution in [2.24, 2.45) is 0 Å². The van der Waals surface area contributed by atoms with Crippen molar-refractivity contribution >= 4 is 40.3 Å². The van der Waals surface area contributed by atoms with Gasteiger partial charge in [-0.3, -0.25) is 0 Å². The van der Waals surface area contributed by atoms with Crippen molar-refractivity contribution in [2.75, 3.05) is 11.8 Å². The molecule has 0 aliphatic rings. The summed E-state index contributed by atoms with van der Waals surface area (Å²) in [6, 6.07) is 4.90. The van der Waals surface area contributed by atoms with Gasteiger partial charge in [-0.15, -0.1) is 0 Å². The molecule has 0 aliphatic heterocycles. The molecule has 0 radical (unpaired) electrons. The number of H-pyrrole nitrogens is 1. The van der Waals surface area contributed by atoms with E-state index in [1.165, 1.54) is 25.1 Å². The Morgan fingerprint density at radius 2 is 2.29 bits per heavy atom. The first-order valence-corrected chi connectivity index (χ1v) is 7.13. The van der Waals surface area contributed by atoms with Crippen LogP contribution < -0.4 is 9.46 Å². The number of aromatic amines is 1. The Labute approximate surface area is 129 Å². The lowest BCUT2D eigenvalue weighted by Gasteiger charge is -2.08. The maximum absolute atomic E-state index is 13.2. The number of anilines is 1. The van der Waals surface area contributed by atoms with Crippen molar-refractivity contribution in [1.82, 2.24) is 15.0 Å². The van der Waals surface area contributed by atoms with E-state index in [2.05, 4.69) is 19.7 Å². The van der Waals surface area contributed by atoms with E-state index in [-0.39, 0.29) is 0 Å². The zero-order valence-corrected chi connectivity index (χ0v) is 12.4. The van der Waals surface area contributed by atoms with E-state index in [1.54, 1.807) is 12.3 Å². The number of halogens is 2. The molecule has 0 saturated carbocycles. The minimum absolute atomic E-state index is 0.324. The third-order valence-electron chi connectivity index (χ3n) is 2.75. The highest BCUT2D eigenvalue weighted by atomic mass is 35.5. The molecule has 3 aromatic rings. The van der Waals surface area contributed by atoms with Crippen LogP contribution in [0.25, 0.3) is 11.0 Å². The average molecular weight is 325 g/mol. The van der Waals surface area contributed by atoms with E-state index in [4.69, 9.17) is 16.3 Å². The minimum Gasteiger partial charge on any atom is -0.479 e. The summed E-state index contributed by atoms with van der Waals surface area (Å²) in [6.45, 7) is 0. The molecule has 5 nitrogen and oxygen atoms in total. The van der Waals surface area contributed by atoms with Gasteiger partial charge in [0, 0.05) is 17.6 Å². The highest BCUT2D eigenvalue weighted by Gasteiger charge is 2.10. The molecule has 0 bridgehead atoms. The Balaban J connectivity index is 1.85. The molecule has 0 saturated heterocycles. The fraction of sp³-hybridized carbons (Fsp3) is 0.0769. The van der Waals surface area contributed by atoms with Crippen LogP contribution in [0.2, 0.25) is 5.15 Å². The van der Waals surface area contributed by atoms with Crippen LogP contribution in [-0.4, -0.2) is 22.1 Å². The van der Waals surface area contributed by atoms with Crippen LogP contribution in [-0.2, 0) is 0 Å². The van der Waals surface area contributed by atoms with Crippen molar-refractivity contribution in [3.05, 3.63) is 41.6 Å². The lowest BCUT2D eigenvalue weighted by Crippen LogP contribution is -1.95. The standard InChI is InChI=1S/C13H10ClFN4OS/c1-20-13-9(4-7(15)5-17-13)19-21-10-6-16-12-8(10)2-3-11(14)18-12/h2-6,19H,1H3,(H,16,18). The fourth-order valence-corrected chi connectivity index (χ4v) is 2.72. The van der Waals surface area contributed by atoms with Crippen LogP contribution in [0.3, 0.4) is 0 Å². The van der Waals surface area contributed by atoms with E-state index >= 15 is 0 Å². The highest BCUT2D eigenvalue weighted by Crippen LogP contribution is 2.31. The predicted octanol–water partition coefficient (Wildman–Crippen LogP) is 3.88. The number of rotatable bonds is 4. The number of pyridine rings is 2. The van der Waals surface area contributed by atoms with Crippen LogP contribution >= 0.6 is 23.5 Å². The van der Waals surface area contributed by atoms with E-state index in [1.807, 2.05) is 6.07 Å². The number of fused-ring (bicyclic) bond motifs is 1. The molecular formula is C13H10ClFN4OS. The lowest BCUT2D eigenvalue weighted by atomic mass is 10.3. The first-order valence-electron chi connectivity index (χ1n) is 5.93. The van der Waals surface area contributed by atoms with Gasteiger partial charge in [-0.1, -0.05) is 11.6 Å². The minimum atomic E-state index is -0.439. The predicted molar refractivity (Wildman–Crippen MR) is 81.3 cm³/mol. The summed E-state index contributed by atoms with van der Waals surface area (Å²) in [5, 5.41) is 1.34. The van der Waals surface area contributed by atoms with Gasteiger partial charge in [0.2, 0.25) is 5.88 Å². The fourth-order valence-electron chi connectivity index (χ4n) is 1.81. The normalized spacial score (nSPS) is 10.8. The zero-order valence-electron chi connectivity index (χ0n) is 10.9. The van der Waals surface area contributed by atoms with Crippen molar-refractivity contribution < 1.29 is 9.13 Å². The molecule has 3 heterocycles. The summed E-state index contributed by atoms with van der Waals surface area (Å²) in [6.07, 6.45) is 2.90. The highest BCUT2D eigenvalue weighted by molar-refractivity contribution is 8.00. The number of ether oxygens (including phenoxy) is 1. The molecule has 8 heteroatoms. The number of nitrogens with one attached hydrogen (secondary N) is 2. The first-order chi connectivity index (χ1) is 10.2. The average Bonchev–Trinajstić information content (AvgIpc) is 2.87. The summed E-state index contributed by atoms with van der Waals surface area (Å²) >= 11 is 7.14. The Morgan fingerprint density at radius 3 is 3.10 bits per heavy atom. The Bertz CT molecular complexity index is 795. The lowest BCUT2D eigenvalue weighted by molar-refractivity contribution is 0.398. The molecule has 0 aromatic carbocycles. The van der Waals surface area contributed by atoms with E-state index in [0.717, 1.165) is 16.5 Å². The van der Waals surface area contributed by atoms with Gasteiger partial charge in [-0.25, -0.2) is 14.4 Å². The second-order valence-electron chi connectivity index (χ2n) is 4.10. The van der Waals surface area contributed by atoms with Gasteiger partial charge in [-0.2, -0.15) is 0 Å². The Morgan fingerprint density at radius 1 is 1.43 bits per heavy atom. The van der Waals surface area contributed by atoms with Gasteiger partial charge in [-0.05, 0) is 24.1 Å². The summed E-state index contributed by atoms with van der Waals surface area (Å²) in [4.78, 5) is 12.0. The summed E-state index contributed by atoms with van der Waals surface area (Å²) in [5.41, 5.74) is 1.15. The molecule has 0 aliphatic carbocycles. The number of hydrogen-bond acceptors (Lipinski definition) is 5. The third kappa shape index (κ3) is 2.88. The first kappa shape index (κ1) is 14.0. The Hall–Kier alpha value is -1.99. The van der Waals surface area contributed by atoms with E-state index in [0.29, 0.717) is 22.4 Å². The second kappa shape index (κ2) is 5.79. The van der Waals surface area contributed by atoms with Gasteiger partial charge in [0.25, 0.3) is 0 Å². The number of nitrogens with zero attached hydrogens (tertiary/aromatic N) is 2. The largest absolute Gasteiger partial charge is 0.479 e. The zero-order chi connectivity index (χ0) is 14.8. The van der Waals surface area contributed by atoms with Crippen LogP contribution in [0.4, 0.5) is 10.1 Å².